The van der Waals surface area contributed by atoms with Gasteiger partial charge in [-0.3, -0.25) is 9.69 Å². The van der Waals surface area contributed by atoms with Gasteiger partial charge in [0.15, 0.2) is 17.5 Å². The lowest BCUT2D eigenvalue weighted by atomic mass is 9.99. The number of amides is 1. The summed E-state index contributed by atoms with van der Waals surface area (Å²) in [6.07, 6.45) is 2.04. The Morgan fingerprint density at radius 1 is 1.30 bits per heavy atom. The summed E-state index contributed by atoms with van der Waals surface area (Å²) in [7, 11) is 0. The van der Waals surface area contributed by atoms with Crippen LogP contribution >= 0.6 is 0 Å². The number of hydrogen-bond acceptors (Lipinski definition) is 3. The average molecular weight is 330 g/mol. The van der Waals surface area contributed by atoms with Crippen LogP contribution in [0.25, 0.3) is 0 Å². The molecule has 0 aliphatic carbocycles. The topological polar surface area (TPSA) is 52.6 Å². The number of likely N-dealkylation sites (tertiary alicyclic amines) is 1. The van der Waals surface area contributed by atoms with Crippen molar-refractivity contribution in [1.29, 1.82) is 0 Å². The molecule has 23 heavy (non-hydrogen) atoms. The Kier molecular flexibility index (Phi) is 6.01. The highest BCUT2D eigenvalue weighted by Gasteiger charge is 2.21. The zero-order chi connectivity index (χ0) is 17.0. The number of halogens is 3. The quantitative estimate of drug-likeness (QED) is 0.812. The number of benzene rings is 1. The zero-order valence-corrected chi connectivity index (χ0v) is 13.0. The molecule has 0 spiro atoms. The highest BCUT2D eigenvalue weighted by molar-refractivity contribution is 5.78. The second-order valence-electron chi connectivity index (χ2n) is 6.06. The third-order valence-corrected chi connectivity index (χ3v) is 4.17. The SMILES string of the molecule is CC1CCN(CC(=O)NC(CO)c2cc(F)c(F)c(F)c2)CC1. The maximum absolute atomic E-state index is 13.3. The van der Waals surface area contributed by atoms with E-state index >= 15 is 0 Å². The number of aliphatic hydroxyl groups is 1. The first kappa shape index (κ1) is 17.7. The fourth-order valence-electron chi connectivity index (χ4n) is 2.67. The molecule has 1 atom stereocenters. The number of aliphatic hydroxyl groups excluding tert-OH is 1. The van der Waals surface area contributed by atoms with Gasteiger partial charge in [0.05, 0.1) is 19.2 Å². The number of hydrogen-bond donors (Lipinski definition) is 2. The molecule has 0 radical (unpaired) electrons. The summed E-state index contributed by atoms with van der Waals surface area (Å²) in [6, 6.07) is 0.584. The molecular formula is C16H21F3N2O2. The summed E-state index contributed by atoms with van der Waals surface area (Å²) in [4.78, 5) is 14.0. The maximum atomic E-state index is 13.3. The summed E-state index contributed by atoms with van der Waals surface area (Å²) >= 11 is 0. The van der Waals surface area contributed by atoms with E-state index in [9.17, 15) is 23.1 Å². The molecule has 1 aliphatic heterocycles. The predicted molar refractivity (Wildman–Crippen MR) is 79.1 cm³/mol. The van der Waals surface area contributed by atoms with E-state index in [-0.39, 0.29) is 18.0 Å². The first-order valence-electron chi connectivity index (χ1n) is 7.67. The van der Waals surface area contributed by atoms with Gasteiger partial charge >= 0.3 is 0 Å². The number of nitrogens with zero attached hydrogens (tertiary/aromatic N) is 1. The minimum atomic E-state index is -1.57. The third kappa shape index (κ3) is 4.68. The first-order chi connectivity index (χ1) is 10.9. The Morgan fingerprint density at radius 2 is 1.87 bits per heavy atom. The molecule has 1 aromatic carbocycles. The van der Waals surface area contributed by atoms with E-state index in [2.05, 4.69) is 12.2 Å². The van der Waals surface area contributed by atoms with Gasteiger partial charge in [0.1, 0.15) is 0 Å². The molecule has 0 saturated carbocycles. The van der Waals surface area contributed by atoms with Gasteiger partial charge in [-0.1, -0.05) is 6.92 Å². The van der Waals surface area contributed by atoms with Crippen molar-refractivity contribution in [2.75, 3.05) is 26.2 Å². The molecule has 2 N–H and O–H groups in total. The van der Waals surface area contributed by atoms with Gasteiger partial charge in [0, 0.05) is 0 Å². The van der Waals surface area contributed by atoms with Gasteiger partial charge in [0.25, 0.3) is 0 Å². The van der Waals surface area contributed by atoms with Crippen molar-refractivity contribution in [2.24, 2.45) is 5.92 Å². The molecule has 7 heteroatoms. The number of rotatable bonds is 5. The molecule has 2 rings (SSSR count). The summed E-state index contributed by atoms with van der Waals surface area (Å²) in [6.45, 7) is 3.43. The van der Waals surface area contributed by atoms with Crippen LogP contribution in [0.5, 0.6) is 0 Å². The maximum Gasteiger partial charge on any atom is 0.234 e. The molecular weight excluding hydrogens is 309 g/mol. The first-order valence-corrected chi connectivity index (χ1v) is 7.67. The van der Waals surface area contributed by atoms with Crippen LogP contribution in [0.4, 0.5) is 13.2 Å². The Morgan fingerprint density at radius 3 is 2.39 bits per heavy atom. The second kappa shape index (κ2) is 7.79. The monoisotopic (exact) mass is 330 g/mol. The molecule has 1 aromatic rings. The lowest BCUT2D eigenvalue weighted by molar-refractivity contribution is -0.123. The molecule has 0 bridgehead atoms. The fraction of sp³-hybridized carbons (Fsp3) is 0.562. The van der Waals surface area contributed by atoms with Crippen molar-refractivity contribution >= 4 is 5.91 Å². The molecule has 128 valence electrons. The van der Waals surface area contributed by atoms with Crippen LogP contribution < -0.4 is 5.32 Å². The van der Waals surface area contributed by atoms with E-state index in [0.717, 1.165) is 38.1 Å². The molecule has 4 nitrogen and oxygen atoms in total. The van der Waals surface area contributed by atoms with Gasteiger partial charge < -0.3 is 10.4 Å². The Balaban J connectivity index is 1.97. The van der Waals surface area contributed by atoms with Crippen molar-refractivity contribution in [3.8, 4) is 0 Å². The largest absolute Gasteiger partial charge is 0.394 e. The van der Waals surface area contributed by atoms with E-state index in [0.29, 0.717) is 5.92 Å². The van der Waals surface area contributed by atoms with E-state index in [4.69, 9.17) is 0 Å². The Hall–Kier alpha value is -1.60. The second-order valence-corrected chi connectivity index (χ2v) is 6.06. The zero-order valence-electron chi connectivity index (χ0n) is 13.0. The van der Waals surface area contributed by atoms with E-state index in [1.807, 2.05) is 4.90 Å². The predicted octanol–water partition coefficient (Wildman–Crippen LogP) is 1.99. The smallest absolute Gasteiger partial charge is 0.234 e. The number of carbonyl (C=O) groups excluding carboxylic acids is 1. The van der Waals surface area contributed by atoms with Crippen LogP contribution in [-0.4, -0.2) is 42.2 Å². The fourth-order valence-corrected chi connectivity index (χ4v) is 2.67. The molecule has 1 unspecified atom stereocenters. The van der Waals surface area contributed by atoms with Crippen LogP contribution in [0, 0.1) is 23.4 Å². The molecule has 1 heterocycles. The lowest BCUT2D eigenvalue weighted by Gasteiger charge is -2.30. The third-order valence-electron chi connectivity index (χ3n) is 4.17. The van der Waals surface area contributed by atoms with Crippen LogP contribution in [0.3, 0.4) is 0 Å². The summed E-state index contributed by atoms with van der Waals surface area (Å²) < 4.78 is 39.5. The van der Waals surface area contributed by atoms with Crippen molar-refractivity contribution in [2.45, 2.75) is 25.8 Å². The normalized spacial score (nSPS) is 18.0. The van der Waals surface area contributed by atoms with E-state index < -0.39 is 30.1 Å². The summed E-state index contributed by atoms with van der Waals surface area (Å²) in [5, 5.41) is 11.9. The van der Waals surface area contributed by atoms with Crippen LogP contribution in [0.2, 0.25) is 0 Å². The number of carbonyl (C=O) groups is 1. The molecule has 1 fully saturated rings. The summed E-state index contributed by atoms with van der Waals surface area (Å²) in [5.74, 6) is -3.97. The van der Waals surface area contributed by atoms with Crippen LogP contribution in [0.1, 0.15) is 31.4 Å². The van der Waals surface area contributed by atoms with Crippen molar-refractivity contribution in [3.05, 3.63) is 35.1 Å². The standard InChI is InChI=1S/C16H21F3N2O2/c1-10-2-4-21(5-3-10)8-15(23)20-14(9-22)11-6-12(17)16(19)13(18)7-11/h6-7,10,14,22H,2-5,8-9H2,1H3,(H,20,23). The van der Waals surface area contributed by atoms with Crippen molar-refractivity contribution in [3.63, 3.8) is 0 Å². The van der Waals surface area contributed by atoms with Crippen molar-refractivity contribution < 1.29 is 23.1 Å². The molecule has 1 amide bonds. The number of piperidine rings is 1. The van der Waals surface area contributed by atoms with Gasteiger partial charge in [-0.25, -0.2) is 13.2 Å². The Labute approximate surface area is 133 Å². The van der Waals surface area contributed by atoms with Gasteiger partial charge in [-0.2, -0.15) is 0 Å². The van der Waals surface area contributed by atoms with Gasteiger partial charge in [0.2, 0.25) is 5.91 Å². The molecule has 1 aliphatic rings. The number of nitrogens with one attached hydrogen (secondary N) is 1. The van der Waals surface area contributed by atoms with Gasteiger partial charge in [-0.15, -0.1) is 0 Å². The van der Waals surface area contributed by atoms with Gasteiger partial charge in [-0.05, 0) is 49.5 Å². The van der Waals surface area contributed by atoms with E-state index in [1.165, 1.54) is 0 Å². The molecule has 1 saturated heterocycles. The summed E-state index contributed by atoms with van der Waals surface area (Å²) in [5.41, 5.74) is -0.00971. The lowest BCUT2D eigenvalue weighted by Crippen LogP contribution is -2.42. The van der Waals surface area contributed by atoms with Crippen LogP contribution in [0.15, 0.2) is 12.1 Å². The highest BCUT2D eigenvalue weighted by atomic mass is 19.2. The van der Waals surface area contributed by atoms with Crippen molar-refractivity contribution in [1.82, 2.24) is 10.2 Å². The van der Waals surface area contributed by atoms with E-state index in [1.54, 1.807) is 0 Å². The highest BCUT2D eigenvalue weighted by Crippen LogP contribution is 2.20. The Bertz CT molecular complexity index is 537. The minimum absolute atomic E-state index is 0.00971. The minimum Gasteiger partial charge on any atom is -0.394 e. The molecule has 0 aromatic heterocycles. The average Bonchev–Trinajstić information content (AvgIpc) is 2.52. The van der Waals surface area contributed by atoms with Crippen LogP contribution in [-0.2, 0) is 4.79 Å².